The zero-order valence-corrected chi connectivity index (χ0v) is 18.0. The highest BCUT2D eigenvalue weighted by Crippen LogP contribution is 2.45. The number of hydrogen-bond acceptors (Lipinski definition) is 0. The van der Waals surface area contributed by atoms with E-state index in [2.05, 4.69) is 91.0 Å². The van der Waals surface area contributed by atoms with Gasteiger partial charge in [-0.05, 0) is 85.3 Å². The van der Waals surface area contributed by atoms with Crippen molar-refractivity contribution in [3.8, 4) is 33.4 Å². The molecule has 33 heavy (non-hydrogen) atoms. The van der Waals surface area contributed by atoms with Crippen LogP contribution in [-0.4, -0.2) is 0 Å². The number of hydrogen-bond donors (Lipinski definition) is 0. The molecule has 1 heteroatoms. The van der Waals surface area contributed by atoms with Gasteiger partial charge in [0.25, 0.3) is 0 Å². The molecule has 6 aromatic carbocycles. The van der Waals surface area contributed by atoms with Gasteiger partial charge in [0.2, 0.25) is 0 Å². The largest absolute Gasteiger partial charge is 0.207 e. The first-order valence-electron chi connectivity index (χ1n) is 11.1. The van der Waals surface area contributed by atoms with Gasteiger partial charge in [-0.3, -0.25) is 0 Å². The van der Waals surface area contributed by atoms with Gasteiger partial charge < -0.3 is 0 Å². The highest BCUT2D eigenvalue weighted by Gasteiger charge is 2.19. The molecular weight excluding hydrogens is 403 g/mol. The Balaban J connectivity index is 1.84. The minimum absolute atomic E-state index is 0.231. The molecule has 0 heterocycles. The molecule has 0 aliphatic heterocycles. The molecule has 0 N–H and O–H groups in total. The maximum atomic E-state index is 14.5. The summed E-state index contributed by atoms with van der Waals surface area (Å²) < 4.78 is 14.5. The van der Waals surface area contributed by atoms with Crippen molar-refractivity contribution in [2.24, 2.45) is 0 Å². The zero-order valence-electron chi connectivity index (χ0n) is 18.0. The van der Waals surface area contributed by atoms with Crippen LogP contribution >= 0.6 is 0 Å². The Hall–Kier alpha value is -4.23. The molecule has 0 nitrogen and oxygen atoms in total. The quantitative estimate of drug-likeness (QED) is 0.248. The van der Waals surface area contributed by atoms with Crippen LogP contribution in [0.25, 0.3) is 54.9 Å². The van der Waals surface area contributed by atoms with Crippen LogP contribution in [0.1, 0.15) is 0 Å². The van der Waals surface area contributed by atoms with Gasteiger partial charge in [-0.25, -0.2) is 4.39 Å². The van der Waals surface area contributed by atoms with Gasteiger partial charge in [-0.1, -0.05) is 97.1 Å². The first-order valence-corrected chi connectivity index (χ1v) is 11.1. The third-order valence-corrected chi connectivity index (χ3v) is 6.27. The molecule has 0 spiro atoms. The van der Waals surface area contributed by atoms with Crippen LogP contribution in [0.2, 0.25) is 0 Å². The molecule has 0 saturated heterocycles. The summed E-state index contributed by atoms with van der Waals surface area (Å²) in [5.41, 5.74) is 6.46. The van der Waals surface area contributed by atoms with Crippen LogP contribution in [-0.2, 0) is 0 Å². The molecule has 0 aromatic heterocycles. The lowest BCUT2D eigenvalue weighted by molar-refractivity contribution is 0.628. The lowest BCUT2D eigenvalue weighted by Gasteiger charge is -2.20. The molecule has 0 amide bonds. The molecule has 156 valence electrons. The lowest BCUT2D eigenvalue weighted by Crippen LogP contribution is -1.94. The van der Waals surface area contributed by atoms with E-state index in [0.717, 1.165) is 44.2 Å². The van der Waals surface area contributed by atoms with E-state index in [1.807, 2.05) is 18.2 Å². The molecule has 0 radical (unpaired) electrons. The second-order valence-electron chi connectivity index (χ2n) is 8.34. The minimum atomic E-state index is -0.231. The molecule has 6 rings (SSSR count). The molecule has 0 atom stereocenters. The topological polar surface area (TPSA) is 0 Å². The molecule has 6 aromatic rings. The number of fused-ring (bicyclic) bond motifs is 2. The molecule has 0 bridgehead atoms. The first-order chi connectivity index (χ1) is 16.3. The normalized spacial score (nSPS) is 11.2. The monoisotopic (exact) mass is 424 g/mol. The second kappa shape index (κ2) is 8.03. The summed E-state index contributed by atoms with van der Waals surface area (Å²) in [7, 11) is 0. The highest BCUT2D eigenvalue weighted by molar-refractivity contribution is 6.13. The summed E-state index contributed by atoms with van der Waals surface area (Å²) >= 11 is 0. The molecule has 0 fully saturated rings. The van der Waals surface area contributed by atoms with Gasteiger partial charge in [0, 0.05) is 0 Å². The van der Waals surface area contributed by atoms with E-state index in [1.165, 1.54) is 16.8 Å². The van der Waals surface area contributed by atoms with Crippen molar-refractivity contribution < 1.29 is 4.39 Å². The van der Waals surface area contributed by atoms with Crippen LogP contribution in [0.3, 0.4) is 0 Å². The predicted molar refractivity (Wildman–Crippen MR) is 138 cm³/mol. The average Bonchev–Trinajstić information content (AvgIpc) is 2.87. The van der Waals surface area contributed by atoms with Crippen molar-refractivity contribution in [1.82, 2.24) is 0 Å². The van der Waals surface area contributed by atoms with Crippen molar-refractivity contribution >= 4 is 21.5 Å². The number of halogens is 1. The Labute approximate surface area is 192 Å². The lowest BCUT2D eigenvalue weighted by atomic mass is 9.83. The molecular formula is C32H21F. The van der Waals surface area contributed by atoms with Crippen molar-refractivity contribution in [2.45, 2.75) is 0 Å². The number of rotatable bonds is 3. The van der Waals surface area contributed by atoms with Crippen LogP contribution in [0, 0.1) is 5.82 Å². The summed E-state index contributed by atoms with van der Waals surface area (Å²) in [6.07, 6.45) is 0. The van der Waals surface area contributed by atoms with E-state index in [-0.39, 0.29) is 5.82 Å². The van der Waals surface area contributed by atoms with Gasteiger partial charge in [-0.2, -0.15) is 0 Å². The summed E-state index contributed by atoms with van der Waals surface area (Å²) in [6.45, 7) is 0. The number of benzene rings is 6. The fourth-order valence-corrected chi connectivity index (χ4v) is 4.78. The van der Waals surface area contributed by atoms with E-state index < -0.39 is 0 Å². The summed E-state index contributed by atoms with van der Waals surface area (Å²) in [5.74, 6) is -0.231. The van der Waals surface area contributed by atoms with E-state index in [1.54, 1.807) is 12.1 Å². The standard InChI is InChI=1S/C32H21F/c33-28-17-9-16-26(19-28)32-30-20-25-15-8-7-14-24(25)18-27(30)21-29(22-10-3-1-4-11-22)31(32)23-12-5-2-6-13-23/h1-21H. The van der Waals surface area contributed by atoms with E-state index in [4.69, 9.17) is 0 Å². The molecule has 0 saturated carbocycles. The second-order valence-corrected chi connectivity index (χ2v) is 8.34. The maximum Gasteiger partial charge on any atom is 0.123 e. The molecule has 0 aliphatic carbocycles. The summed E-state index contributed by atoms with van der Waals surface area (Å²) in [4.78, 5) is 0. The van der Waals surface area contributed by atoms with Gasteiger partial charge >= 0.3 is 0 Å². The first kappa shape index (κ1) is 19.5. The van der Waals surface area contributed by atoms with Crippen LogP contribution in [0.5, 0.6) is 0 Å². The van der Waals surface area contributed by atoms with Crippen molar-refractivity contribution in [3.05, 3.63) is 133 Å². The Morgan fingerprint density at radius 1 is 0.394 bits per heavy atom. The molecule has 0 unspecified atom stereocenters. The molecule has 0 aliphatic rings. The van der Waals surface area contributed by atoms with E-state index in [0.29, 0.717) is 0 Å². The maximum absolute atomic E-state index is 14.5. The van der Waals surface area contributed by atoms with Gasteiger partial charge in [-0.15, -0.1) is 0 Å². The predicted octanol–water partition coefficient (Wildman–Crippen LogP) is 9.13. The third-order valence-electron chi connectivity index (χ3n) is 6.27. The van der Waals surface area contributed by atoms with Crippen molar-refractivity contribution in [2.75, 3.05) is 0 Å². The summed E-state index contributed by atoms with van der Waals surface area (Å²) in [5, 5.41) is 4.64. The Bertz CT molecular complexity index is 1600. The summed E-state index contributed by atoms with van der Waals surface area (Å²) in [6, 6.07) is 43.0. The van der Waals surface area contributed by atoms with Gasteiger partial charge in [0.05, 0.1) is 0 Å². The van der Waals surface area contributed by atoms with Gasteiger partial charge in [0.1, 0.15) is 5.82 Å². The smallest absolute Gasteiger partial charge is 0.123 e. The van der Waals surface area contributed by atoms with Crippen molar-refractivity contribution in [1.29, 1.82) is 0 Å². The zero-order chi connectivity index (χ0) is 22.2. The fourth-order valence-electron chi connectivity index (χ4n) is 4.78. The highest BCUT2D eigenvalue weighted by atomic mass is 19.1. The van der Waals surface area contributed by atoms with Gasteiger partial charge in [0.15, 0.2) is 0 Å². The van der Waals surface area contributed by atoms with Crippen molar-refractivity contribution in [3.63, 3.8) is 0 Å². The third kappa shape index (κ3) is 3.48. The average molecular weight is 425 g/mol. The Morgan fingerprint density at radius 2 is 1.00 bits per heavy atom. The fraction of sp³-hybridized carbons (Fsp3) is 0. The SMILES string of the molecule is Fc1cccc(-c2c(-c3ccccc3)c(-c3ccccc3)cc3cc4ccccc4cc23)c1. The minimum Gasteiger partial charge on any atom is -0.207 e. The Kier molecular flexibility index (Phi) is 4.74. The van der Waals surface area contributed by atoms with Crippen LogP contribution < -0.4 is 0 Å². The Morgan fingerprint density at radius 3 is 1.70 bits per heavy atom. The van der Waals surface area contributed by atoms with E-state index in [9.17, 15) is 4.39 Å². The van der Waals surface area contributed by atoms with E-state index >= 15 is 0 Å². The van der Waals surface area contributed by atoms with Crippen LogP contribution in [0.15, 0.2) is 127 Å². The van der Waals surface area contributed by atoms with Crippen LogP contribution in [0.4, 0.5) is 4.39 Å².